The quantitative estimate of drug-likeness (QED) is 0.933. The number of halogens is 1. The molecule has 0 aromatic heterocycles. The van der Waals surface area contributed by atoms with E-state index in [4.69, 9.17) is 15.2 Å². The van der Waals surface area contributed by atoms with E-state index in [1.54, 1.807) is 0 Å². The average Bonchev–Trinajstić information content (AvgIpc) is 2.30. The molecule has 4 heteroatoms. The molecule has 17 heavy (non-hydrogen) atoms. The van der Waals surface area contributed by atoms with Crippen molar-refractivity contribution < 1.29 is 9.47 Å². The van der Waals surface area contributed by atoms with E-state index in [-0.39, 0.29) is 12.1 Å². The van der Waals surface area contributed by atoms with Crippen LogP contribution in [0.4, 0.5) is 0 Å². The first-order valence-electron chi connectivity index (χ1n) is 5.96. The Morgan fingerprint density at radius 3 is 2.71 bits per heavy atom. The number of rotatable bonds is 3. The van der Waals surface area contributed by atoms with Crippen molar-refractivity contribution in [2.75, 3.05) is 13.2 Å². The Labute approximate surface area is 110 Å². The molecule has 1 aliphatic heterocycles. The number of hydrogen-bond acceptors (Lipinski definition) is 3. The van der Waals surface area contributed by atoms with E-state index < -0.39 is 0 Å². The van der Waals surface area contributed by atoms with Crippen LogP contribution in [-0.2, 0) is 4.74 Å². The van der Waals surface area contributed by atoms with E-state index in [9.17, 15) is 0 Å². The smallest absolute Gasteiger partial charge is 0.120 e. The minimum Gasteiger partial charge on any atom is -0.490 e. The SMILES string of the molecule is CC(N)c1ccc(OC2CCOCC2)cc1Br. The Morgan fingerprint density at radius 1 is 1.41 bits per heavy atom. The van der Waals surface area contributed by atoms with Crippen molar-refractivity contribution in [1.82, 2.24) is 0 Å². The summed E-state index contributed by atoms with van der Waals surface area (Å²) in [4.78, 5) is 0. The topological polar surface area (TPSA) is 44.5 Å². The van der Waals surface area contributed by atoms with Crippen molar-refractivity contribution in [3.8, 4) is 5.75 Å². The van der Waals surface area contributed by atoms with Crippen LogP contribution >= 0.6 is 15.9 Å². The molecule has 1 unspecified atom stereocenters. The van der Waals surface area contributed by atoms with Gasteiger partial charge in [0.15, 0.2) is 0 Å². The van der Waals surface area contributed by atoms with Crippen LogP contribution in [0.15, 0.2) is 22.7 Å². The largest absolute Gasteiger partial charge is 0.490 e. The van der Waals surface area contributed by atoms with Gasteiger partial charge in [-0.2, -0.15) is 0 Å². The molecule has 0 amide bonds. The second-order valence-corrected chi connectivity index (χ2v) is 5.26. The number of hydrogen-bond donors (Lipinski definition) is 1. The lowest BCUT2D eigenvalue weighted by Crippen LogP contribution is -2.25. The van der Waals surface area contributed by atoms with E-state index in [0.29, 0.717) is 0 Å². The molecule has 2 N–H and O–H groups in total. The normalized spacial score (nSPS) is 19.0. The van der Waals surface area contributed by atoms with Gasteiger partial charge in [-0.15, -0.1) is 0 Å². The van der Waals surface area contributed by atoms with E-state index >= 15 is 0 Å². The fraction of sp³-hybridized carbons (Fsp3) is 0.538. The summed E-state index contributed by atoms with van der Waals surface area (Å²) in [7, 11) is 0. The molecule has 0 spiro atoms. The predicted molar refractivity (Wildman–Crippen MR) is 71.2 cm³/mol. The lowest BCUT2D eigenvalue weighted by molar-refractivity contribution is 0.0255. The third kappa shape index (κ3) is 3.44. The maximum Gasteiger partial charge on any atom is 0.120 e. The van der Waals surface area contributed by atoms with E-state index in [0.717, 1.165) is 41.8 Å². The minimum absolute atomic E-state index is 0.0292. The molecule has 1 saturated heterocycles. The van der Waals surface area contributed by atoms with Gasteiger partial charge in [-0.25, -0.2) is 0 Å². The van der Waals surface area contributed by atoms with Crippen LogP contribution in [0.25, 0.3) is 0 Å². The summed E-state index contributed by atoms with van der Waals surface area (Å²) in [6, 6.07) is 6.03. The van der Waals surface area contributed by atoms with Gasteiger partial charge in [-0.1, -0.05) is 22.0 Å². The highest BCUT2D eigenvalue weighted by Crippen LogP contribution is 2.28. The molecule has 1 heterocycles. The number of ether oxygens (including phenoxy) is 2. The molecule has 2 rings (SSSR count). The summed E-state index contributed by atoms with van der Waals surface area (Å²) < 4.78 is 12.2. The first-order chi connectivity index (χ1) is 8.16. The lowest BCUT2D eigenvalue weighted by Gasteiger charge is -2.23. The average molecular weight is 300 g/mol. The van der Waals surface area contributed by atoms with Crippen molar-refractivity contribution in [2.45, 2.75) is 31.9 Å². The molecule has 94 valence electrons. The highest BCUT2D eigenvalue weighted by atomic mass is 79.9. The summed E-state index contributed by atoms with van der Waals surface area (Å²) in [5.41, 5.74) is 6.96. The molecule has 3 nitrogen and oxygen atoms in total. The van der Waals surface area contributed by atoms with Crippen LogP contribution in [0, 0.1) is 0 Å². The van der Waals surface area contributed by atoms with Crippen LogP contribution in [0.2, 0.25) is 0 Å². The van der Waals surface area contributed by atoms with Gasteiger partial charge in [0.25, 0.3) is 0 Å². The maximum atomic E-state index is 5.92. The highest BCUT2D eigenvalue weighted by Gasteiger charge is 2.16. The van der Waals surface area contributed by atoms with Gasteiger partial charge in [-0.3, -0.25) is 0 Å². The molecule has 0 bridgehead atoms. The molecular weight excluding hydrogens is 282 g/mol. The van der Waals surface area contributed by atoms with Crippen molar-refractivity contribution >= 4 is 15.9 Å². The van der Waals surface area contributed by atoms with Gasteiger partial charge >= 0.3 is 0 Å². The zero-order chi connectivity index (χ0) is 12.3. The van der Waals surface area contributed by atoms with Gasteiger partial charge in [-0.05, 0) is 24.6 Å². The molecule has 0 saturated carbocycles. The number of nitrogens with two attached hydrogens (primary N) is 1. The van der Waals surface area contributed by atoms with Crippen LogP contribution in [0.3, 0.4) is 0 Å². The van der Waals surface area contributed by atoms with E-state index in [1.165, 1.54) is 0 Å². The maximum absolute atomic E-state index is 5.92. The highest BCUT2D eigenvalue weighted by molar-refractivity contribution is 9.10. The lowest BCUT2D eigenvalue weighted by atomic mass is 10.1. The molecular formula is C13H18BrNO2. The fourth-order valence-corrected chi connectivity index (χ4v) is 2.66. The van der Waals surface area contributed by atoms with Gasteiger partial charge in [0.2, 0.25) is 0 Å². The second-order valence-electron chi connectivity index (χ2n) is 4.40. The number of benzene rings is 1. The van der Waals surface area contributed by atoms with Gasteiger partial charge in [0.05, 0.1) is 13.2 Å². The summed E-state index contributed by atoms with van der Waals surface area (Å²) in [5.74, 6) is 0.896. The molecule has 0 aliphatic carbocycles. The fourth-order valence-electron chi connectivity index (χ4n) is 1.94. The van der Waals surface area contributed by atoms with E-state index in [2.05, 4.69) is 15.9 Å². The summed E-state index contributed by atoms with van der Waals surface area (Å²) >= 11 is 3.53. The molecule has 1 fully saturated rings. The van der Waals surface area contributed by atoms with Gasteiger partial charge in [0, 0.05) is 23.4 Å². The Hall–Kier alpha value is -0.580. The first kappa shape index (κ1) is 12.9. The Bertz CT molecular complexity index is 376. The second kappa shape index (κ2) is 5.85. The zero-order valence-electron chi connectivity index (χ0n) is 9.99. The Morgan fingerprint density at radius 2 is 2.12 bits per heavy atom. The standard InChI is InChI=1S/C13H18BrNO2/c1-9(15)12-3-2-11(8-13(12)14)17-10-4-6-16-7-5-10/h2-3,8-10H,4-7,15H2,1H3. The molecule has 1 aromatic carbocycles. The first-order valence-corrected chi connectivity index (χ1v) is 6.75. The van der Waals surface area contributed by atoms with Gasteiger partial charge in [0.1, 0.15) is 11.9 Å². The zero-order valence-corrected chi connectivity index (χ0v) is 11.6. The Balaban J connectivity index is 2.04. The molecule has 1 aromatic rings. The van der Waals surface area contributed by atoms with Crippen molar-refractivity contribution in [2.24, 2.45) is 5.73 Å². The molecule has 1 aliphatic rings. The van der Waals surface area contributed by atoms with Crippen LogP contribution in [-0.4, -0.2) is 19.3 Å². The summed E-state index contributed by atoms with van der Waals surface area (Å²) in [6.45, 7) is 3.56. The summed E-state index contributed by atoms with van der Waals surface area (Å²) in [5, 5.41) is 0. The molecule has 1 atom stereocenters. The van der Waals surface area contributed by atoms with Crippen LogP contribution in [0.5, 0.6) is 5.75 Å². The van der Waals surface area contributed by atoms with Crippen LogP contribution in [0.1, 0.15) is 31.4 Å². The van der Waals surface area contributed by atoms with Crippen LogP contribution < -0.4 is 10.5 Å². The molecule has 0 radical (unpaired) electrons. The van der Waals surface area contributed by atoms with Gasteiger partial charge < -0.3 is 15.2 Å². The predicted octanol–water partition coefficient (Wildman–Crippen LogP) is 3.03. The Kier molecular flexibility index (Phi) is 4.42. The van der Waals surface area contributed by atoms with Crippen molar-refractivity contribution in [3.63, 3.8) is 0 Å². The van der Waals surface area contributed by atoms with E-state index in [1.807, 2.05) is 25.1 Å². The van der Waals surface area contributed by atoms with Crippen molar-refractivity contribution in [3.05, 3.63) is 28.2 Å². The third-order valence-electron chi connectivity index (χ3n) is 2.93. The minimum atomic E-state index is 0.0292. The third-order valence-corrected chi connectivity index (χ3v) is 3.62. The monoisotopic (exact) mass is 299 g/mol. The summed E-state index contributed by atoms with van der Waals surface area (Å²) in [6.07, 6.45) is 2.20. The van der Waals surface area contributed by atoms with Crippen molar-refractivity contribution in [1.29, 1.82) is 0 Å².